The number of carbonyl (C=O) groups is 2. The lowest BCUT2D eigenvalue weighted by atomic mass is 9.97. The molecule has 1 N–H and O–H groups in total. The summed E-state index contributed by atoms with van der Waals surface area (Å²) < 4.78 is 32.2. The predicted octanol–water partition coefficient (Wildman–Crippen LogP) is 2.24. The molecule has 1 unspecified atom stereocenters. The number of benzene rings is 1. The lowest BCUT2D eigenvalue weighted by molar-refractivity contribution is -0.158. The highest BCUT2D eigenvalue weighted by Crippen LogP contribution is 2.24. The Labute approximate surface area is 167 Å². The number of hydrogen-bond donors (Lipinski definition) is 1. The van der Waals surface area contributed by atoms with Gasteiger partial charge >= 0.3 is 5.97 Å². The highest BCUT2D eigenvalue weighted by atomic mass is 32.2. The smallest absolute Gasteiger partial charge is 0.328 e. The molecule has 8 heteroatoms. The second-order valence-electron chi connectivity index (χ2n) is 8.26. The maximum absolute atomic E-state index is 12.7. The summed E-state index contributed by atoms with van der Waals surface area (Å²) in [6.07, 6.45) is 0.829. The van der Waals surface area contributed by atoms with Crippen LogP contribution in [0.2, 0.25) is 0 Å². The Morgan fingerprint density at radius 2 is 1.68 bits per heavy atom. The van der Waals surface area contributed by atoms with Crippen LogP contribution in [0.3, 0.4) is 0 Å². The number of ether oxygens (including phenoxy) is 1. The van der Waals surface area contributed by atoms with Crippen LogP contribution in [0, 0.1) is 12.8 Å². The fraction of sp³-hybridized carbons (Fsp3) is 0.600. The molecule has 0 bridgehead atoms. The number of nitrogens with one attached hydrogen (secondary N) is 1. The summed E-state index contributed by atoms with van der Waals surface area (Å²) in [6, 6.07) is 6.00. The molecular weight excluding hydrogens is 380 g/mol. The fourth-order valence-corrected chi connectivity index (χ4v) is 4.47. The van der Waals surface area contributed by atoms with Gasteiger partial charge in [-0.05, 0) is 59.6 Å². The third-order valence-electron chi connectivity index (χ3n) is 4.60. The van der Waals surface area contributed by atoms with Crippen LogP contribution >= 0.6 is 0 Å². The number of sulfonamides is 1. The summed E-state index contributed by atoms with van der Waals surface area (Å²) in [5.74, 6) is -1.06. The Bertz CT molecular complexity index is 804. The molecule has 1 aromatic rings. The zero-order valence-electron chi connectivity index (χ0n) is 17.2. The number of aryl methyl sites for hydroxylation is 1. The van der Waals surface area contributed by atoms with Gasteiger partial charge in [0.05, 0.1) is 4.90 Å². The molecule has 7 nitrogen and oxygen atoms in total. The van der Waals surface area contributed by atoms with Gasteiger partial charge in [-0.25, -0.2) is 13.2 Å². The average molecular weight is 411 g/mol. The quantitative estimate of drug-likeness (QED) is 0.752. The van der Waals surface area contributed by atoms with Crippen molar-refractivity contribution in [1.82, 2.24) is 9.62 Å². The minimum absolute atomic E-state index is 0.245. The lowest BCUT2D eigenvalue weighted by Gasteiger charge is -2.31. The van der Waals surface area contributed by atoms with E-state index in [4.69, 9.17) is 4.74 Å². The highest BCUT2D eigenvalue weighted by Gasteiger charge is 2.33. The van der Waals surface area contributed by atoms with Crippen LogP contribution in [0.15, 0.2) is 29.2 Å². The minimum Gasteiger partial charge on any atom is -0.458 e. The van der Waals surface area contributed by atoms with Gasteiger partial charge < -0.3 is 10.1 Å². The van der Waals surface area contributed by atoms with Gasteiger partial charge in [0.25, 0.3) is 0 Å². The number of hydrogen-bond acceptors (Lipinski definition) is 5. The maximum atomic E-state index is 12.7. The van der Waals surface area contributed by atoms with Crippen LogP contribution in [-0.4, -0.2) is 49.3 Å². The van der Waals surface area contributed by atoms with Gasteiger partial charge in [0.15, 0.2) is 0 Å². The van der Waals surface area contributed by atoms with Crippen molar-refractivity contribution in [2.75, 3.05) is 13.1 Å². The van der Waals surface area contributed by atoms with Crippen molar-refractivity contribution in [3.63, 3.8) is 0 Å². The average Bonchev–Trinajstić information content (AvgIpc) is 2.60. The molecule has 0 radical (unpaired) electrons. The third kappa shape index (κ3) is 5.78. The van der Waals surface area contributed by atoms with Crippen LogP contribution in [0.5, 0.6) is 0 Å². The van der Waals surface area contributed by atoms with Crippen molar-refractivity contribution >= 4 is 21.9 Å². The summed E-state index contributed by atoms with van der Waals surface area (Å²) in [5, 5.41) is 2.68. The van der Waals surface area contributed by atoms with E-state index in [9.17, 15) is 18.0 Å². The van der Waals surface area contributed by atoms with E-state index in [0.29, 0.717) is 12.8 Å². The van der Waals surface area contributed by atoms with Gasteiger partial charge in [0, 0.05) is 19.0 Å². The number of esters is 1. The molecule has 28 heavy (non-hydrogen) atoms. The van der Waals surface area contributed by atoms with E-state index in [-0.39, 0.29) is 29.8 Å². The predicted molar refractivity (Wildman–Crippen MR) is 106 cm³/mol. The van der Waals surface area contributed by atoms with Gasteiger partial charge in [0.1, 0.15) is 11.6 Å². The first-order valence-corrected chi connectivity index (χ1v) is 10.9. The molecule has 2 rings (SSSR count). The molecule has 1 fully saturated rings. The molecule has 0 saturated carbocycles. The number of carbonyl (C=O) groups excluding carboxylic acids is 2. The lowest BCUT2D eigenvalue weighted by Crippen LogP contribution is -2.47. The van der Waals surface area contributed by atoms with Crippen molar-refractivity contribution in [3.8, 4) is 0 Å². The van der Waals surface area contributed by atoms with Gasteiger partial charge in [-0.1, -0.05) is 17.7 Å². The van der Waals surface area contributed by atoms with Crippen molar-refractivity contribution in [3.05, 3.63) is 29.8 Å². The molecule has 1 aliphatic rings. The largest absolute Gasteiger partial charge is 0.458 e. The summed E-state index contributed by atoms with van der Waals surface area (Å²) >= 11 is 0. The first-order valence-electron chi connectivity index (χ1n) is 9.50. The third-order valence-corrected chi connectivity index (χ3v) is 6.52. The minimum atomic E-state index is -3.56. The van der Waals surface area contributed by atoms with Crippen LogP contribution in [0.1, 0.15) is 46.1 Å². The molecule has 0 spiro atoms. The monoisotopic (exact) mass is 410 g/mol. The van der Waals surface area contributed by atoms with E-state index >= 15 is 0 Å². The molecular formula is C20H30N2O5S. The molecule has 1 atom stereocenters. The van der Waals surface area contributed by atoms with E-state index < -0.39 is 27.6 Å². The number of piperidine rings is 1. The van der Waals surface area contributed by atoms with Crippen molar-refractivity contribution in [1.29, 1.82) is 0 Å². The van der Waals surface area contributed by atoms with Gasteiger partial charge in [-0.3, -0.25) is 4.79 Å². The molecule has 1 saturated heterocycles. The number of nitrogens with zero attached hydrogens (tertiary/aromatic N) is 1. The molecule has 1 amide bonds. The van der Waals surface area contributed by atoms with Crippen LogP contribution < -0.4 is 5.32 Å². The van der Waals surface area contributed by atoms with Crippen LogP contribution in [0.25, 0.3) is 0 Å². The summed E-state index contributed by atoms with van der Waals surface area (Å²) in [4.78, 5) is 24.7. The topological polar surface area (TPSA) is 92.8 Å². The maximum Gasteiger partial charge on any atom is 0.328 e. The molecule has 1 aliphatic heterocycles. The molecule has 1 aromatic carbocycles. The standard InChI is InChI=1S/C20H30N2O5S/c1-14-6-8-17(9-7-14)28(25,26)22-12-10-16(11-13-22)18(23)21-15(2)19(24)27-20(3,4)5/h6-9,15-16H,10-13H2,1-5H3,(H,21,23). The van der Waals surface area contributed by atoms with E-state index in [1.54, 1.807) is 52.0 Å². The second kappa shape index (κ2) is 8.61. The zero-order valence-corrected chi connectivity index (χ0v) is 18.0. The SMILES string of the molecule is Cc1ccc(S(=O)(=O)N2CCC(C(=O)NC(C)C(=O)OC(C)(C)C)CC2)cc1. The Morgan fingerprint density at radius 1 is 1.14 bits per heavy atom. The van der Waals surface area contributed by atoms with E-state index in [0.717, 1.165) is 5.56 Å². The van der Waals surface area contributed by atoms with Gasteiger partial charge in [-0.2, -0.15) is 4.31 Å². The molecule has 0 aliphatic carbocycles. The summed E-state index contributed by atoms with van der Waals surface area (Å²) in [6.45, 7) is 9.34. The summed E-state index contributed by atoms with van der Waals surface area (Å²) in [5.41, 5.74) is 0.375. The zero-order chi connectivity index (χ0) is 21.1. The van der Waals surface area contributed by atoms with Gasteiger partial charge in [0.2, 0.25) is 15.9 Å². The van der Waals surface area contributed by atoms with E-state index in [1.807, 2.05) is 6.92 Å². The molecule has 0 aromatic heterocycles. The van der Waals surface area contributed by atoms with E-state index in [1.165, 1.54) is 4.31 Å². The van der Waals surface area contributed by atoms with Crippen LogP contribution in [-0.2, 0) is 24.3 Å². The van der Waals surface area contributed by atoms with Gasteiger partial charge in [-0.15, -0.1) is 0 Å². The first kappa shape index (κ1) is 22.4. The second-order valence-corrected chi connectivity index (χ2v) is 10.2. The Morgan fingerprint density at radius 3 is 2.18 bits per heavy atom. The van der Waals surface area contributed by atoms with Crippen molar-refractivity contribution in [2.24, 2.45) is 5.92 Å². The Hall–Kier alpha value is -1.93. The number of rotatable bonds is 5. The van der Waals surface area contributed by atoms with E-state index in [2.05, 4.69) is 5.32 Å². The fourth-order valence-electron chi connectivity index (χ4n) is 3.00. The van der Waals surface area contributed by atoms with Crippen LogP contribution in [0.4, 0.5) is 0 Å². The number of amides is 1. The summed E-state index contributed by atoms with van der Waals surface area (Å²) in [7, 11) is -3.56. The molecule has 1 heterocycles. The van der Waals surface area contributed by atoms with Crippen molar-refractivity contribution < 1.29 is 22.7 Å². The molecule has 156 valence electrons. The first-order chi connectivity index (χ1) is 12.9. The Kier molecular flexibility index (Phi) is 6.88. The highest BCUT2D eigenvalue weighted by molar-refractivity contribution is 7.89. The Balaban J connectivity index is 1.91. The van der Waals surface area contributed by atoms with Crippen molar-refractivity contribution in [2.45, 2.75) is 64.0 Å². The normalized spacial score (nSPS) is 17.8.